The molecule has 0 spiro atoms. The fraction of sp³-hybridized carbons (Fsp3) is 0.143. The van der Waals surface area contributed by atoms with Gasteiger partial charge in [-0.15, -0.1) is 0 Å². The van der Waals surface area contributed by atoms with Crippen LogP contribution in [0.1, 0.15) is 0 Å². The number of hydrogen-bond acceptors (Lipinski definition) is 5. The smallest absolute Gasteiger partial charge is 0.157 e. The molecule has 0 bridgehead atoms. The van der Waals surface area contributed by atoms with Crippen LogP contribution in [0.3, 0.4) is 0 Å². The number of rotatable bonds is 5. The van der Waals surface area contributed by atoms with Crippen LogP contribution in [0.5, 0.6) is 5.75 Å². The monoisotopic (exact) mass is 359 g/mol. The van der Waals surface area contributed by atoms with Gasteiger partial charge >= 0.3 is 0 Å². The highest BCUT2D eigenvalue weighted by atomic mass is 16.5. The van der Waals surface area contributed by atoms with Crippen molar-refractivity contribution in [2.75, 3.05) is 31.4 Å². The van der Waals surface area contributed by atoms with Gasteiger partial charge in [0.15, 0.2) is 5.65 Å². The number of nitrogens with zero attached hydrogens (tertiary/aromatic N) is 4. The van der Waals surface area contributed by atoms with Crippen LogP contribution in [0.4, 0.5) is 17.2 Å². The molecule has 0 saturated carbocycles. The standard InChI is InChI=1S/C21H21N5O/c1-25(2)17-8-4-15(5-9-17)20-21(26-13-12-22-14-19(26)24-20)23-16-6-10-18(27-3)11-7-16/h4-14,23H,1-3H3. The van der Waals surface area contributed by atoms with Crippen LogP contribution in [-0.4, -0.2) is 35.6 Å². The summed E-state index contributed by atoms with van der Waals surface area (Å²) in [5.41, 5.74) is 4.82. The van der Waals surface area contributed by atoms with Gasteiger partial charge in [0.1, 0.15) is 17.3 Å². The number of imidazole rings is 1. The molecule has 0 aliphatic heterocycles. The van der Waals surface area contributed by atoms with E-state index < -0.39 is 0 Å². The normalized spacial score (nSPS) is 10.8. The molecular formula is C21H21N5O. The topological polar surface area (TPSA) is 54.7 Å². The molecule has 0 amide bonds. The lowest BCUT2D eigenvalue weighted by atomic mass is 10.1. The summed E-state index contributed by atoms with van der Waals surface area (Å²) in [6, 6.07) is 16.2. The van der Waals surface area contributed by atoms with Crippen molar-refractivity contribution in [3.8, 4) is 17.0 Å². The second-order valence-corrected chi connectivity index (χ2v) is 6.41. The zero-order valence-corrected chi connectivity index (χ0v) is 15.5. The molecule has 4 aromatic rings. The van der Waals surface area contributed by atoms with Crippen LogP contribution in [-0.2, 0) is 0 Å². The third-order valence-corrected chi connectivity index (χ3v) is 4.44. The molecule has 2 heterocycles. The molecule has 6 heteroatoms. The minimum Gasteiger partial charge on any atom is -0.497 e. The molecule has 27 heavy (non-hydrogen) atoms. The van der Waals surface area contributed by atoms with Crippen LogP contribution in [0.2, 0.25) is 0 Å². The molecule has 0 radical (unpaired) electrons. The van der Waals surface area contributed by atoms with Gasteiger partial charge in [0, 0.05) is 43.4 Å². The van der Waals surface area contributed by atoms with Crippen LogP contribution in [0, 0.1) is 0 Å². The van der Waals surface area contributed by atoms with Gasteiger partial charge in [-0.25, -0.2) is 4.98 Å². The van der Waals surface area contributed by atoms with Gasteiger partial charge < -0.3 is 15.0 Å². The Morgan fingerprint density at radius 1 is 1.00 bits per heavy atom. The average Bonchev–Trinajstić information content (AvgIpc) is 3.07. The van der Waals surface area contributed by atoms with E-state index >= 15 is 0 Å². The molecule has 0 fully saturated rings. The summed E-state index contributed by atoms with van der Waals surface area (Å²) < 4.78 is 7.25. The largest absolute Gasteiger partial charge is 0.497 e. The number of benzene rings is 2. The maximum atomic E-state index is 5.24. The molecule has 4 rings (SSSR count). The van der Waals surface area contributed by atoms with E-state index in [1.807, 2.05) is 49.0 Å². The van der Waals surface area contributed by atoms with Gasteiger partial charge in [-0.2, -0.15) is 0 Å². The number of anilines is 3. The van der Waals surface area contributed by atoms with Gasteiger partial charge in [-0.1, -0.05) is 12.1 Å². The highest BCUT2D eigenvalue weighted by molar-refractivity contribution is 5.80. The summed E-state index contributed by atoms with van der Waals surface area (Å²) in [5.74, 6) is 1.72. The number of methoxy groups -OCH3 is 1. The van der Waals surface area contributed by atoms with E-state index in [9.17, 15) is 0 Å². The van der Waals surface area contributed by atoms with E-state index in [-0.39, 0.29) is 0 Å². The predicted octanol–water partition coefficient (Wildman–Crippen LogP) is 4.21. The SMILES string of the molecule is COc1ccc(Nc2c(-c3ccc(N(C)C)cc3)nc3cnccn23)cc1. The van der Waals surface area contributed by atoms with E-state index in [1.54, 1.807) is 19.5 Å². The second-order valence-electron chi connectivity index (χ2n) is 6.41. The van der Waals surface area contributed by atoms with Crippen molar-refractivity contribution in [2.24, 2.45) is 0 Å². The lowest BCUT2D eigenvalue weighted by molar-refractivity contribution is 0.415. The first-order valence-corrected chi connectivity index (χ1v) is 8.66. The molecule has 1 N–H and O–H groups in total. The Bertz CT molecular complexity index is 1050. The first kappa shape index (κ1) is 16.9. The van der Waals surface area contributed by atoms with Gasteiger partial charge in [-0.3, -0.25) is 9.38 Å². The maximum Gasteiger partial charge on any atom is 0.157 e. The molecule has 0 aliphatic rings. The minimum atomic E-state index is 0.792. The molecule has 0 unspecified atom stereocenters. The Balaban J connectivity index is 1.78. The van der Waals surface area contributed by atoms with Crippen molar-refractivity contribution in [3.05, 3.63) is 67.1 Å². The van der Waals surface area contributed by atoms with Crippen molar-refractivity contribution in [2.45, 2.75) is 0 Å². The number of nitrogens with one attached hydrogen (secondary N) is 1. The van der Waals surface area contributed by atoms with Gasteiger partial charge in [0.25, 0.3) is 0 Å². The summed E-state index contributed by atoms with van der Waals surface area (Å²) in [6.07, 6.45) is 5.43. The van der Waals surface area contributed by atoms with E-state index in [2.05, 4.69) is 39.5 Å². The van der Waals surface area contributed by atoms with Crippen molar-refractivity contribution in [3.63, 3.8) is 0 Å². The van der Waals surface area contributed by atoms with E-state index in [1.165, 1.54) is 0 Å². The molecule has 2 aromatic heterocycles. The highest BCUT2D eigenvalue weighted by Gasteiger charge is 2.14. The summed E-state index contributed by atoms with van der Waals surface area (Å²) >= 11 is 0. The number of ether oxygens (including phenoxy) is 1. The van der Waals surface area contributed by atoms with Crippen LogP contribution in [0.25, 0.3) is 16.9 Å². The lowest BCUT2D eigenvalue weighted by Gasteiger charge is -2.13. The zero-order chi connectivity index (χ0) is 18.8. The fourth-order valence-corrected chi connectivity index (χ4v) is 2.96. The molecule has 0 aliphatic carbocycles. The van der Waals surface area contributed by atoms with Crippen molar-refractivity contribution in [1.82, 2.24) is 14.4 Å². The van der Waals surface area contributed by atoms with E-state index in [4.69, 9.17) is 9.72 Å². The Morgan fingerprint density at radius 3 is 2.41 bits per heavy atom. The van der Waals surface area contributed by atoms with Gasteiger partial charge in [0.05, 0.1) is 13.3 Å². The van der Waals surface area contributed by atoms with E-state index in [0.29, 0.717) is 0 Å². The fourth-order valence-electron chi connectivity index (χ4n) is 2.96. The van der Waals surface area contributed by atoms with Crippen LogP contribution < -0.4 is 15.0 Å². The lowest BCUT2D eigenvalue weighted by Crippen LogP contribution is -2.07. The van der Waals surface area contributed by atoms with Crippen LogP contribution >= 0.6 is 0 Å². The predicted molar refractivity (Wildman–Crippen MR) is 109 cm³/mol. The Labute approximate surface area is 158 Å². The van der Waals surface area contributed by atoms with Crippen LogP contribution in [0.15, 0.2) is 67.1 Å². The maximum absolute atomic E-state index is 5.24. The summed E-state index contributed by atoms with van der Waals surface area (Å²) in [5, 5.41) is 3.49. The summed E-state index contributed by atoms with van der Waals surface area (Å²) in [7, 11) is 5.72. The van der Waals surface area contributed by atoms with E-state index in [0.717, 1.165) is 39.8 Å². The first-order valence-electron chi connectivity index (χ1n) is 8.66. The highest BCUT2D eigenvalue weighted by Crippen LogP contribution is 2.32. The summed E-state index contributed by atoms with van der Waals surface area (Å²) in [4.78, 5) is 11.1. The minimum absolute atomic E-state index is 0.792. The zero-order valence-electron chi connectivity index (χ0n) is 15.5. The second kappa shape index (κ2) is 6.99. The molecule has 6 nitrogen and oxygen atoms in total. The molecule has 0 saturated heterocycles. The Hall–Kier alpha value is -3.54. The molecule has 136 valence electrons. The Kier molecular flexibility index (Phi) is 4.38. The average molecular weight is 359 g/mol. The quantitative estimate of drug-likeness (QED) is 0.578. The van der Waals surface area contributed by atoms with Crippen molar-refractivity contribution < 1.29 is 4.74 Å². The molecular weight excluding hydrogens is 338 g/mol. The van der Waals surface area contributed by atoms with Crippen molar-refractivity contribution >= 4 is 22.8 Å². The number of fused-ring (bicyclic) bond motifs is 1. The third kappa shape index (κ3) is 3.29. The van der Waals surface area contributed by atoms with Gasteiger partial charge in [0.2, 0.25) is 0 Å². The van der Waals surface area contributed by atoms with Gasteiger partial charge in [-0.05, 0) is 36.4 Å². The third-order valence-electron chi connectivity index (χ3n) is 4.44. The number of aromatic nitrogens is 3. The van der Waals surface area contributed by atoms with Crippen molar-refractivity contribution in [1.29, 1.82) is 0 Å². The number of hydrogen-bond donors (Lipinski definition) is 1. The molecule has 2 aromatic carbocycles. The Morgan fingerprint density at radius 2 is 1.74 bits per heavy atom. The molecule has 0 atom stereocenters. The first-order chi connectivity index (χ1) is 13.2. The summed E-state index contributed by atoms with van der Waals surface area (Å²) in [6.45, 7) is 0.